The molecule has 0 amide bonds. The highest BCUT2D eigenvalue weighted by atomic mass is 16.3. The van der Waals surface area contributed by atoms with Gasteiger partial charge in [0, 0.05) is 5.56 Å². The average molecular weight is 834 g/mol. The molecule has 6 rings (SSSR count). The topological polar surface area (TPSA) is 41.3 Å². The SMILES string of the molecule is CCCCCCCCCCCCc1ccc2oc(-c3ccc(N4NC(C=Cc5ccc(C(C)(C)CC(C)(C)C)cc5)=CC4c4ccc(C(C)(C)CC(C)(C)C)cc4)cc3)nc2c1. The number of allylic oxidation sites excluding steroid dienone is 1. The van der Waals surface area contributed by atoms with E-state index in [1.807, 2.05) is 0 Å². The summed E-state index contributed by atoms with van der Waals surface area (Å²) >= 11 is 0. The number of oxazole rings is 1. The summed E-state index contributed by atoms with van der Waals surface area (Å²) in [7, 11) is 0. The van der Waals surface area contributed by atoms with E-state index in [-0.39, 0.29) is 27.7 Å². The zero-order valence-electron chi connectivity index (χ0n) is 40.5. The van der Waals surface area contributed by atoms with Crippen LogP contribution in [0, 0.1) is 10.8 Å². The van der Waals surface area contributed by atoms with Crippen LogP contribution in [0.15, 0.2) is 113 Å². The Balaban J connectivity index is 1.15. The molecule has 1 atom stereocenters. The smallest absolute Gasteiger partial charge is 0.227 e. The molecule has 0 fully saturated rings. The summed E-state index contributed by atoms with van der Waals surface area (Å²) in [5.74, 6) is 0.664. The van der Waals surface area contributed by atoms with E-state index < -0.39 is 0 Å². The highest BCUT2D eigenvalue weighted by Crippen LogP contribution is 2.40. The van der Waals surface area contributed by atoms with Crippen molar-refractivity contribution in [1.82, 2.24) is 10.4 Å². The molecule has 0 spiro atoms. The van der Waals surface area contributed by atoms with Gasteiger partial charge in [-0.05, 0) is 124 Å². The van der Waals surface area contributed by atoms with Crippen molar-refractivity contribution in [2.75, 3.05) is 5.01 Å². The molecule has 4 aromatic carbocycles. The van der Waals surface area contributed by atoms with Crippen molar-refractivity contribution >= 4 is 22.9 Å². The molecular weight excluding hydrogens is 755 g/mol. The standard InChI is InChI=1S/C58H79N3O/c1-12-13-14-15-16-17-18-19-20-21-22-44-26-38-53-51(39-44)59-54(62-53)46-29-36-50(37-30-46)61-52(45-27-33-48(34-28-45)58(10,11)42-56(5,6)7)40-49(60-61)35-25-43-23-31-47(32-24-43)57(8,9)41-55(2,3)4/h23-40,52,60H,12-22,41-42H2,1-11H3. The molecule has 1 aromatic heterocycles. The third-order valence-corrected chi connectivity index (χ3v) is 12.7. The van der Waals surface area contributed by atoms with E-state index in [0.29, 0.717) is 5.89 Å². The van der Waals surface area contributed by atoms with Crippen molar-refractivity contribution in [3.8, 4) is 11.5 Å². The molecule has 1 aliphatic rings. The summed E-state index contributed by atoms with van der Waals surface area (Å²) in [6.07, 6.45) is 23.7. The van der Waals surface area contributed by atoms with Gasteiger partial charge in [0.25, 0.3) is 0 Å². The lowest BCUT2D eigenvalue weighted by molar-refractivity contribution is 0.283. The summed E-state index contributed by atoms with van der Waals surface area (Å²) in [5.41, 5.74) is 15.9. The van der Waals surface area contributed by atoms with Gasteiger partial charge in [0.2, 0.25) is 5.89 Å². The first-order chi connectivity index (χ1) is 29.4. The highest BCUT2D eigenvalue weighted by molar-refractivity contribution is 5.77. The van der Waals surface area contributed by atoms with Gasteiger partial charge in [-0.1, -0.05) is 195 Å². The van der Waals surface area contributed by atoms with Crippen LogP contribution < -0.4 is 10.4 Å². The molecule has 1 aliphatic heterocycles. The molecule has 332 valence electrons. The number of hydrogen-bond acceptors (Lipinski definition) is 4. The maximum absolute atomic E-state index is 6.32. The van der Waals surface area contributed by atoms with Crippen molar-refractivity contribution in [2.24, 2.45) is 10.8 Å². The Morgan fingerprint density at radius 1 is 0.613 bits per heavy atom. The van der Waals surface area contributed by atoms with Gasteiger partial charge in [0.15, 0.2) is 5.58 Å². The highest BCUT2D eigenvalue weighted by Gasteiger charge is 2.30. The number of hydrogen-bond donors (Lipinski definition) is 1. The van der Waals surface area contributed by atoms with Gasteiger partial charge in [-0.3, -0.25) is 10.4 Å². The zero-order valence-corrected chi connectivity index (χ0v) is 40.5. The Kier molecular flexibility index (Phi) is 15.4. The van der Waals surface area contributed by atoms with Crippen LogP contribution in [0.2, 0.25) is 0 Å². The molecule has 1 unspecified atom stereocenters. The fourth-order valence-corrected chi connectivity index (χ4v) is 10.1. The first-order valence-electron chi connectivity index (χ1n) is 24.1. The lowest BCUT2D eigenvalue weighted by atomic mass is 9.72. The quantitative estimate of drug-likeness (QED) is 0.0793. The summed E-state index contributed by atoms with van der Waals surface area (Å²) in [4.78, 5) is 4.97. The first-order valence-corrected chi connectivity index (χ1v) is 24.1. The molecule has 2 heterocycles. The molecule has 62 heavy (non-hydrogen) atoms. The van der Waals surface area contributed by atoms with Gasteiger partial charge < -0.3 is 4.42 Å². The van der Waals surface area contributed by atoms with Crippen LogP contribution in [0.25, 0.3) is 28.6 Å². The maximum Gasteiger partial charge on any atom is 0.227 e. The number of aromatic nitrogens is 1. The Hall–Kier alpha value is -4.57. The van der Waals surface area contributed by atoms with E-state index in [1.165, 1.54) is 92.0 Å². The van der Waals surface area contributed by atoms with E-state index >= 15 is 0 Å². The maximum atomic E-state index is 6.32. The first kappa shape index (κ1) is 46.9. The van der Waals surface area contributed by atoms with Gasteiger partial charge in [0.05, 0.1) is 17.4 Å². The zero-order chi connectivity index (χ0) is 44.5. The summed E-state index contributed by atoms with van der Waals surface area (Å²) < 4.78 is 6.32. The minimum Gasteiger partial charge on any atom is -0.436 e. The Morgan fingerprint density at radius 2 is 1.16 bits per heavy atom. The Labute approximate surface area is 376 Å². The van der Waals surface area contributed by atoms with Crippen LogP contribution in [-0.4, -0.2) is 4.98 Å². The minimum absolute atomic E-state index is 0.0131. The molecule has 5 aromatic rings. The minimum atomic E-state index is 0.0131. The second-order valence-corrected chi connectivity index (χ2v) is 22.2. The average Bonchev–Trinajstić information content (AvgIpc) is 3.84. The van der Waals surface area contributed by atoms with Gasteiger partial charge >= 0.3 is 0 Å². The number of nitrogens with one attached hydrogen (secondary N) is 1. The molecule has 0 saturated carbocycles. The van der Waals surface area contributed by atoms with E-state index in [9.17, 15) is 0 Å². The normalized spacial score (nSPS) is 15.2. The predicted molar refractivity (Wildman–Crippen MR) is 268 cm³/mol. The summed E-state index contributed by atoms with van der Waals surface area (Å²) in [6.45, 7) is 25.7. The Morgan fingerprint density at radius 3 is 1.73 bits per heavy atom. The van der Waals surface area contributed by atoms with Crippen molar-refractivity contribution in [3.63, 3.8) is 0 Å². The molecule has 0 bridgehead atoms. The molecular formula is C58H79N3O. The second kappa shape index (κ2) is 20.3. The van der Waals surface area contributed by atoms with E-state index in [1.54, 1.807) is 0 Å². The second-order valence-electron chi connectivity index (χ2n) is 22.2. The fraction of sp³-hybridized carbons (Fsp3) is 0.500. The van der Waals surface area contributed by atoms with Gasteiger partial charge in [-0.15, -0.1) is 0 Å². The van der Waals surface area contributed by atoms with Crippen LogP contribution >= 0.6 is 0 Å². The van der Waals surface area contributed by atoms with Gasteiger partial charge in [-0.25, -0.2) is 4.98 Å². The molecule has 4 heteroatoms. The molecule has 0 aliphatic carbocycles. The van der Waals surface area contributed by atoms with Gasteiger partial charge in [-0.2, -0.15) is 0 Å². The molecule has 0 saturated heterocycles. The summed E-state index contributed by atoms with van der Waals surface area (Å²) in [6, 6.07) is 33.6. The van der Waals surface area contributed by atoms with Crippen LogP contribution in [-0.2, 0) is 17.3 Å². The fourth-order valence-electron chi connectivity index (χ4n) is 10.1. The third-order valence-electron chi connectivity index (χ3n) is 12.7. The number of nitrogens with zero attached hydrogens (tertiary/aromatic N) is 2. The van der Waals surface area contributed by atoms with E-state index in [4.69, 9.17) is 9.40 Å². The Bertz CT molecular complexity index is 2220. The number of hydrazine groups is 1. The van der Waals surface area contributed by atoms with Crippen molar-refractivity contribution in [3.05, 3.63) is 137 Å². The lowest BCUT2D eigenvalue weighted by Gasteiger charge is -2.33. The van der Waals surface area contributed by atoms with E-state index in [0.717, 1.165) is 47.3 Å². The number of unbranched alkanes of at least 4 members (excludes halogenated alkanes) is 9. The molecule has 0 radical (unpaired) electrons. The van der Waals surface area contributed by atoms with Crippen LogP contribution in [0.5, 0.6) is 0 Å². The summed E-state index contributed by atoms with van der Waals surface area (Å²) in [5, 5.41) is 2.28. The number of anilines is 1. The molecule has 1 N–H and O–H groups in total. The van der Waals surface area contributed by atoms with Crippen molar-refractivity contribution in [1.29, 1.82) is 0 Å². The monoisotopic (exact) mass is 834 g/mol. The number of fused-ring (bicyclic) bond motifs is 1. The number of aryl methyl sites for hydroxylation is 1. The van der Waals surface area contributed by atoms with Crippen molar-refractivity contribution < 1.29 is 4.42 Å². The van der Waals surface area contributed by atoms with Crippen molar-refractivity contribution in [2.45, 2.75) is 177 Å². The number of benzene rings is 4. The van der Waals surface area contributed by atoms with Gasteiger partial charge in [0.1, 0.15) is 5.52 Å². The van der Waals surface area contributed by atoms with Crippen LogP contribution in [0.3, 0.4) is 0 Å². The van der Waals surface area contributed by atoms with Crippen LogP contribution in [0.4, 0.5) is 5.69 Å². The predicted octanol–water partition coefficient (Wildman–Crippen LogP) is 17.0. The lowest BCUT2D eigenvalue weighted by Crippen LogP contribution is -2.34. The van der Waals surface area contributed by atoms with Crippen LogP contribution in [0.1, 0.15) is 187 Å². The number of rotatable bonds is 20. The third kappa shape index (κ3) is 13.2. The molecule has 4 nitrogen and oxygen atoms in total. The van der Waals surface area contributed by atoms with E-state index in [2.05, 4.69) is 196 Å². The largest absolute Gasteiger partial charge is 0.436 e.